The molecule has 1 aromatic carbocycles. The molecule has 0 spiro atoms. The Bertz CT molecular complexity index is 483. The number of benzene rings is 1. The van der Waals surface area contributed by atoms with Gasteiger partial charge in [-0.2, -0.15) is 0 Å². The van der Waals surface area contributed by atoms with E-state index >= 15 is 0 Å². The molecule has 0 bridgehead atoms. The maximum atomic E-state index is 6.02. The predicted molar refractivity (Wildman–Crippen MR) is 90.9 cm³/mol. The third kappa shape index (κ3) is 4.72. The van der Waals surface area contributed by atoms with E-state index in [4.69, 9.17) is 9.47 Å². The van der Waals surface area contributed by atoms with E-state index in [0.717, 1.165) is 32.0 Å². The summed E-state index contributed by atoms with van der Waals surface area (Å²) in [5.41, 5.74) is 2.78. The molecule has 0 unspecified atom stereocenters. The second kappa shape index (κ2) is 7.01. The zero-order valence-corrected chi connectivity index (χ0v) is 15.0. The Hall–Kier alpha value is -1.06. The maximum Gasteiger partial charge on any atom is 0.137 e. The lowest BCUT2D eigenvalue weighted by molar-refractivity contribution is -0.915. The van der Waals surface area contributed by atoms with Crippen molar-refractivity contribution in [2.45, 2.75) is 59.2 Å². The first-order valence-corrected chi connectivity index (χ1v) is 8.48. The molecule has 0 aromatic heterocycles. The van der Waals surface area contributed by atoms with Crippen LogP contribution in [0.1, 0.15) is 45.7 Å². The smallest absolute Gasteiger partial charge is 0.137 e. The molecule has 1 fully saturated rings. The largest absolute Gasteiger partial charge is 0.487 e. The second-order valence-electron chi connectivity index (χ2n) is 7.74. The molecule has 0 amide bonds. The number of morpholine rings is 1. The van der Waals surface area contributed by atoms with Crippen LogP contribution in [0.25, 0.3) is 0 Å². The van der Waals surface area contributed by atoms with E-state index in [0.29, 0.717) is 12.2 Å². The molecular formula is C19H32NO2+. The third-order valence-electron chi connectivity index (χ3n) is 4.37. The minimum absolute atomic E-state index is 0.188. The molecule has 0 radical (unpaired) electrons. The molecule has 1 aromatic rings. The lowest BCUT2D eigenvalue weighted by Crippen LogP contribution is -3.16. The summed E-state index contributed by atoms with van der Waals surface area (Å²) in [6, 6.07) is 6.56. The van der Waals surface area contributed by atoms with Crippen molar-refractivity contribution >= 4 is 0 Å². The fraction of sp³-hybridized carbons (Fsp3) is 0.684. The van der Waals surface area contributed by atoms with Crippen LogP contribution in [-0.4, -0.2) is 38.4 Å². The van der Waals surface area contributed by atoms with Gasteiger partial charge in [0, 0.05) is 0 Å². The van der Waals surface area contributed by atoms with Gasteiger partial charge in [0.05, 0.1) is 0 Å². The van der Waals surface area contributed by atoms with Crippen LogP contribution < -0.4 is 9.64 Å². The Morgan fingerprint density at radius 2 is 1.82 bits per heavy atom. The average molecular weight is 306 g/mol. The number of nitrogens with one attached hydrogen (secondary N) is 1. The monoisotopic (exact) mass is 306 g/mol. The van der Waals surface area contributed by atoms with E-state index in [1.807, 2.05) is 0 Å². The van der Waals surface area contributed by atoms with Crippen LogP contribution in [0.3, 0.4) is 0 Å². The van der Waals surface area contributed by atoms with E-state index in [2.05, 4.69) is 59.7 Å². The van der Waals surface area contributed by atoms with E-state index in [9.17, 15) is 0 Å². The van der Waals surface area contributed by atoms with Crippen molar-refractivity contribution in [2.75, 3.05) is 26.2 Å². The van der Waals surface area contributed by atoms with Crippen LogP contribution in [0, 0.1) is 6.92 Å². The van der Waals surface area contributed by atoms with Gasteiger partial charge in [-0.05, 0) is 43.4 Å². The van der Waals surface area contributed by atoms with Gasteiger partial charge in [0.2, 0.25) is 0 Å². The molecule has 1 heterocycles. The molecule has 0 aliphatic carbocycles. The van der Waals surface area contributed by atoms with Gasteiger partial charge in [0.15, 0.2) is 0 Å². The summed E-state index contributed by atoms with van der Waals surface area (Å²) in [6.07, 6.45) is 0.707. The number of hydrogen-bond acceptors (Lipinski definition) is 2. The van der Waals surface area contributed by atoms with Crippen molar-refractivity contribution in [3.05, 3.63) is 29.3 Å². The normalized spacial score (nSPS) is 26.0. The first-order valence-electron chi connectivity index (χ1n) is 8.48. The van der Waals surface area contributed by atoms with Crippen LogP contribution >= 0.6 is 0 Å². The maximum absolute atomic E-state index is 6.02. The van der Waals surface area contributed by atoms with Gasteiger partial charge in [0.25, 0.3) is 0 Å². The summed E-state index contributed by atoms with van der Waals surface area (Å²) < 4.78 is 11.8. The van der Waals surface area contributed by atoms with Crippen molar-refractivity contribution < 1.29 is 14.4 Å². The number of aryl methyl sites for hydroxylation is 1. The summed E-state index contributed by atoms with van der Waals surface area (Å²) in [5, 5.41) is 0. The molecule has 22 heavy (non-hydrogen) atoms. The summed E-state index contributed by atoms with van der Waals surface area (Å²) in [5.74, 6) is 1.02. The molecule has 2 atom stereocenters. The highest BCUT2D eigenvalue weighted by atomic mass is 16.5. The number of rotatable bonds is 4. The Labute approximate surface area is 135 Å². The summed E-state index contributed by atoms with van der Waals surface area (Å²) in [6.45, 7) is 17.1. The molecule has 1 aliphatic heterocycles. The standard InChI is InChI=1S/C19H31NO2/c1-14-11-17(19(4,5)6)7-8-18(14)21-10-9-20-12-15(2)22-16(3)13-20/h7-8,11,15-16H,9-10,12-13H2,1-6H3/p+1/t15-,16-/m1/s1. The molecule has 3 heteroatoms. The first-order chi connectivity index (χ1) is 10.3. The average Bonchev–Trinajstić information content (AvgIpc) is 2.38. The van der Waals surface area contributed by atoms with Gasteiger partial charge in [0.1, 0.15) is 44.2 Å². The van der Waals surface area contributed by atoms with Crippen molar-refractivity contribution in [2.24, 2.45) is 0 Å². The van der Waals surface area contributed by atoms with Crippen molar-refractivity contribution in [3.63, 3.8) is 0 Å². The van der Waals surface area contributed by atoms with Gasteiger partial charge < -0.3 is 14.4 Å². The van der Waals surface area contributed by atoms with Gasteiger partial charge in [-0.15, -0.1) is 0 Å². The Morgan fingerprint density at radius 3 is 2.36 bits per heavy atom. The topological polar surface area (TPSA) is 22.9 Å². The summed E-state index contributed by atoms with van der Waals surface area (Å²) >= 11 is 0. The highest BCUT2D eigenvalue weighted by Crippen LogP contribution is 2.27. The van der Waals surface area contributed by atoms with Crippen molar-refractivity contribution in [1.82, 2.24) is 0 Å². The molecule has 124 valence electrons. The fourth-order valence-corrected chi connectivity index (χ4v) is 3.18. The zero-order chi connectivity index (χ0) is 16.3. The van der Waals surface area contributed by atoms with Crippen LogP contribution in [0.4, 0.5) is 0 Å². The fourth-order valence-electron chi connectivity index (χ4n) is 3.18. The second-order valence-corrected chi connectivity index (χ2v) is 7.74. The van der Waals surface area contributed by atoms with Gasteiger partial charge >= 0.3 is 0 Å². The van der Waals surface area contributed by atoms with Crippen LogP contribution in [0.2, 0.25) is 0 Å². The van der Waals surface area contributed by atoms with Crippen LogP contribution in [-0.2, 0) is 10.2 Å². The lowest BCUT2D eigenvalue weighted by Gasteiger charge is -2.32. The Balaban J connectivity index is 1.87. The van der Waals surface area contributed by atoms with Crippen molar-refractivity contribution in [1.29, 1.82) is 0 Å². The number of quaternary nitrogens is 1. The highest BCUT2D eigenvalue weighted by Gasteiger charge is 2.25. The number of hydrogen-bond donors (Lipinski definition) is 1. The Kier molecular flexibility index (Phi) is 5.51. The van der Waals surface area contributed by atoms with Gasteiger partial charge in [-0.25, -0.2) is 0 Å². The molecule has 0 saturated carbocycles. The van der Waals surface area contributed by atoms with E-state index in [-0.39, 0.29) is 5.41 Å². The molecule has 1 saturated heterocycles. The molecular weight excluding hydrogens is 274 g/mol. The third-order valence-corrected chi connectivity index (χ3v) is 4.37. The zero-order valence-electron chi connectivity index (χ0n) is 15.0. The first kappa shape index (κ1) is 17.3. The number of ether oxygens (including phenoxy) is 2. The summed E-state index contributed by atoms with van der Waals surface area (Å²) in [4.78, 5) is 1.58. The quantitative estimate of drug-likeness (QED) is 0.923. The van der Waals surface area contributed by atoms with E-state index in [1.165, 1.54) is 11.1 Å². The van der Waals surface area contributed by atoms with E-state index < -0.39 is 0 Å². The SMILES string of the molecule is Cc1cc(C(C)(C)C)ccc1OCC[NH+]1C[C@@H](C)O[C@H](C)C1. The van der Waals surface area contributed by atoms with Crippen LogP contribution in [0.5, 0.6) is 5.75 Å². The minimum atomic E-state index is 0.188. The highest BCUT2D eigenvalue weighted by molar-refractivity contribution is 5.38. The predicted octanol–water partition coefficient (Wildman–Crippen LogP) is 2.36. The van der Waals surface area contributed by atoms with E-state index in [1.54, 1.807) is 4.90 Å². The summed E-state index contributed by atoms with van der Waals surface area (Å²) in [7, 11) is 0. The molecule has 3 nitrogen and oxygen atoms in total. The lowest BCUT2D eigenvalue weighted by atomic mass is 9.86. The molecule has 1 aliphatic rings. The molecule has 2 rings (SSSR count). The van der Waals surface area contributed by atoms with Crippen LogP contribution in [0.15, 0.2) is 18.2 Å². The Morgan fingerprint density at radius 1 is 1.18 bits per heavy atom. The minimum Gasteiger partial charge on any atom is -0.487 e. The van der Waals surface area contributed by atoms with Gasteiger partial charge in [-0.3, -0.25) is 0 Å². The van der Waals surface area contributed by atoms with Crippen molar-refractivity contribution in [3.8, 4) is 5.75 Å². The van der Waals surface area contributed by atoms with Gasteiger partial charge in [-0.1, -0.05) is 32.9 Å². The molecule has 1 N–H and O–H groups in total.